The van der Waals surface area contributed by atoms with Crippen LogP contribution in [0.3, 0.4) is 0 Å². The van der Waals surface area contributed by atoms with Gasteiger partial charge < -0.3 is 0 Å². The van der Waals surface area contributed by atoms with E-state index in [1.54, 1.807) is 30.5 Å². The Morgan fingerprint density at radius 2 is 1.27 bits per heavy atom. The van der Waals surface area contributed by atoms with Crippen molar-refractivity contribution in [3.05, 3.63) is 108 Å². The van der Waals surface area contributed by atoms with Gasteiger partial charge in [0.15, 0.2) is 7.28 Å². The number of nitrogens with zero attached hydrogens (tertiary/aromatic N) is 1. The van der Waals surface area contributed by atoms with Gasteiger partial charge in [-0.15, -0.1) is 0 Å². The van der Waals surface area contributed by atoms with Gasteiger partial charge in [-0.25, -0.2) is 8.78 Å². The fourth-order valence-electron chi connectivity index (χ4n) is 3.16. The van der Waals surface area contributed by atoms with Crippen LogP contribution in [0.15, 0.2) is 85.1 Å². The molecule has 26 heavy (non-hydrogen) atoms. The SMILES string of the molecule is Fc1ccc(C([B]c2nccc3ccccc23)c2ccc(F)cc2)cc1. The first-order chi connectivity index (χ1) is 12.7. The fourth-order valence-corrected chi connectivity index (χ4v) is 3.16. The largest absolute Gasteiger partial charge is 0.271 e. The number of hydrogen-bond acceptors (Lipinski definition) is 1. The minimum absolute atomic E-state index is 0.158. The molecule has 0 fully saturated rings. The number of pyridine rings is 1. The average Bonchev–Trinajstić information content (AvgIpc) is 2.68. The van der Waals surface area contributed by atoms with Gasteiger partial charge in [0.05, 0.1) is 0 Å². The van der Waals surface area contributed by atoms with Gasteiger partial charge in [-0.05, 0) is 58.0 Å². The van der Waals surface area contributed by atoms with Crippen LogP contribution >= 0.6 is 0 Å². The standard InChI is InChI=1S/C22H15BF2N/c24-18-9-5-16(6-10-18)21(17-7-11-19(25)12-8-17)23-22-20-4-2-1-3-15(20)13-14-26-22/h1-14,21H. The molecule has 0 saturated carbocycles. The van der Waals surface area contributed by atoms with Gasteiger partial charge in [-0.3, -0.25) is 4.98 Å². The summed E-state index contributed by atoms with van der Waals surface area (Å²) >= 11 is 0. The van der Waals surface area contributed by atoms with Crippen molar-refractivity contribution in [1.82, 2.24) is 4.98 Å². The van der Waals surface area contributed by atoms with Crippen molar-refractivity contribution in [1.29, 1.82) is 0 Å². The van der Waals surface area contributed by atoms with Crippen LogP contribution in [-0.2, 0) is 0 Å². The molecule has 4 heteroatoms. The van der Waals surface area contributed by atoms with Gasteiger partial charge in [-0.2, -0.15) is 0 Å². The predicted octanol–water partition coefficient (Wildman–Crippen LogP) is 4.63. The highest BCUT2D eigenvalue weighted by atomic mass is 19.1. The zero-order chi connectivity index (χ0) is 17.9. The molecular formula is C22H15BF2N. The van der Waals surface area contributed by atoms with E-state index >= 15 is 0 Å². The summed E-state index contributed by atoms with van der Waals surface area (Å²) < 4.78 is 26.7. The summed E-state index contributed by atoms with van der Waals surface area (Å²) in [5.41, 5.74) is 2.70. The fraction of sp³-hybridized carbons (Fsp3) is 0.0455. The number of halogens is 2. The lowest BCUT2D eigenvalue weighted by Crippen LogP contribution is -2.26. The molecule has 3 aromatic carbocycles. The van der Waals surface area contributed by atoms with Crippen molar-refractivity contribution in [2.75, 3.05) is 0 Å². The topological polar surface area (TPSA) is 12.9 Å². The molecule has 1 radical (unpaired) electrons. The molecule has 4 rings (SSSR count). The van der Waals surface area contributed by atoms with E-state index in [0.717, 1.165) is 27.5 Å². The second-order valence-electron chi connectivity index (χ2n) is 6.16. The van der Waals surface area contributed by atoms with E-state index in [4.69, 9.17) is 0 Å². The molecule has 4 aromatic rings. The molecule has 125 valence electrons. The van der Waals surface area contributed by atoms with E-state index < -0.39 is 0 Å². The Morgan fingerprint density at radius 1 is 0.692 bits per heavy atom. The van der Waals surface area contributed by atoms with Gasteiger partial charge in [0.1, 0.15) is 11.6 Å². The van der Waals surface area contributed by atoms with Crippen molar-refractivity contribution in [3.8, 4) is 0 Å². The lowest BCUT2D eigenvalue weighted by atomic mass is 9.55. The quantitative estimate of drug-likeness (QED) is 0.493. The highest BCUT2D eigenvalue weighted by Gasteiger charge is 2.19. The maximum absolute atomic E-state index is 13.4. The second-order valence-corrected chi connectivity index (χ2v) is 6.16. The maximum Gasteiger partial charge on any atom is 0.193 e. The highest BCUT2D eigenvalue weighted by molar-refractivity contribution is 6.58. The third-order valence-corrected chi connectivity index (χ3v) is 4.49. The minimum Gasteiger partial charge on any atom is -0.271 e. The molecule has 0 spiro atoms. The lowest BCUT2D eigenvalue weighted by molar-refractivity contribution is 0.626. The Labute approximate surface area is 151 Å². The van der Waals surface area contributed by atoms with Gasteiger partial charge >= 0.3 is 0 Å². The summed E-state index contributed by atoms with van der Waals surface area (Å²) in [5, 5.41) is 2.15. The van der Waals surface area contributed by atoms with Gasteiger partial charge in [-0.1, -0.05) is 48.5 Å². The first-order valence-electron chi connectivity index (χ1n) is 8.40. The van der Waals surface area contributed by atoms with Crippen LogP contribution in [0.2, 0.25) is 0 Å². The van der Waals surface area contributed by atoms with Gasteiger partial charge in [0.25, 0.3) is 0 Å². The molecule has 0 unspecified atom stereocenters. The van der Waals surface area contributed by atoms with E-state index in [0.29, 0.717) is 0 Å². The van der Waals surface area contributed by atoms with Crippen LogP contribution in [0.4, 0.5) is 8.78 Å². The Hall–Kier alpha value is -3.01. The first kappa shape index (κ1) is 16.5. The summed E-state index contributed by atoms with van der Waals surface area (Å²) in [4.78, 5) is 4.53. The molecular weight excluding hydrogens is 327 g/mol. The van der Waals surface area contributed by atoms with Crippen molar-refractivity contribution < 1.29 is 8.78 Å². The highest BCUT2D eigenvalue weighted by Crippen LogP contribution is 2.25. The Bertz CT molecular complexity index is 979. The molecule has 0 bridgehead atoms. The number of hydrogen-bond donors (Lipinski definition) is 0. The summed E-state index contributed by atoms with van der Waals surface area (Å²) in [6.45, 7) is 0. The molecule has 0 saturated heterocycles. The predicted molar refractivity (Wildman–Crippen MR) is 102 cm³/mol. The molecule has 0 aliphatic carbocycles. The summed E-state index contributed by atoms with van der Waals surface area (Å²) in [6, 6.07) is 22.8. The normalized spacial score (nSPS) is 11.0. The summed E-state index contributed by atoms with van der Waals surface area (Å²) in [6.07, 6.45) is 1.78. The number of benzene rings is 3. The Morgan fingerprint density at radius 3 is 1.88 bits per heavy atom. The van der Waals surface area contributed by atoms with Gasteiger partial charge in [0.2, 0.25) is 0 Å². The third kappa shape index (κ3) is 3.36. The van der Waals surface area contributed by atoms with E-state index in [-0.39, 0.29) is 17.5 Å². The van der Waals surface area contributed by atoms with Crippen LogP contribution in [-0.4, -0.2) is 12.3 Å². The van der Waals surface area contributed by atoms with E-state index in [2.05, 4.69) is 4.98 Å². The van der Waals surface area contributed by atoms with Crippen LogP contribution < -0.4 is 5.59 Å². The van der Waals surface area contributed by atoms with Crippen molar-refractivity contribution in [2.45, 2.75) is 5.82 Å². The van der Waals surface area contributed by atoms with Crippen molar-refractivity contribution in [3.63, 3.8) is 0 Å². The molecule has 0 amide bonds. The maximum atomic E-state index is 13.4. The number of fused-ring (bicyclic) bond motifs is 1. The average molecular weight is 342 g/mol. The van der Waals surface area contributed by atoms with E-state index in [1.807, 2.05) is 37.6 Å². The van der Waals surface area contributed by atoms with Crippen molar-refractivity contribution >= 4 is 23.6 Å². The molecule has 0 N–H and O–H groups in total. The minimum atomic E-state index is -0.283. The summed E-state index contributed by atoms with van der Waals surface area (Å²) in [5.74, 6) is -0.723. The van der Waals surface area contributed by atoms with Crippen LogP contribution in [0.5, 0.6) is 0 Å². The third-order valence-electron chi connectivity index (χ3n) is 4.49. The van der Waals surface area contributed by atoms with Crippen LogP contribution in [0.1, 0.15) is 16.9 Å². The molecule has 1 aromatic heterocycles. The number of aromatic nitrogens is 1. The molecule has 0 atom stereocenters. The second kappa shape index (κ2) is 7.08. The molecule has 1 nitrogen and oxygen atoms in total. The molecule has 0 aliphatic heterocycles. The van der Waals surface area contributed by atoms with E-state index in [1.165, 1.54) is 24.3 Å². The molecule has 1 heterocycles. The first-order valence-corrected chi connectivity index (χ1v) is 8.40. The van der Waals surface area contributed by atoms with Gasteiger partial charge in [0, 0.05) is 11.8 Å². The van der Waals surface area contributed by atoms with Crippen LogP contribution in [0, 0.1) is 11.6 Å². The number of rotatable bonds is 4. The Kier molecular flexibility index (Phi) is 4.49. The zero-order valence-electron chi connectivity index (χ0n) is 13.9. The van der Waals surface area contributed by atoms with Crippen LogP contribution in [0.25, 0.3) is 10.8 Å². The monoisotopic (exact) mass is 342 g/mol. The zero-order valence-corrected chi connectivity index (χ0v) is 13.9. The van der Waals surface area contributed by atoms with E-state index in [9.17, 15) is 8.78 Å². The Balaban J connectivity index is 1.79. The molecule has 0 aliphatic rings. The smallest absolute Gasteiger partial charge is 0.193 e. The lowest BCUT2D eigenvalue weighted by Gasteiger charge is -2.18. The summed E-state index contributed by atoms with van der Waals surface area (Å²) in [7, 11) is 2.04. The van der Waals surface area contributed by atoms with Crippen molar-refractivity contribution in [2.24, 2.45) is 0 Å².